The summed E-state index contributed by atoms with van der Waals surface area (Å²) in [6.07, 6.45) is 0.346. The Kier molecular flexibility index (Phi) is 4.98. The van der Waals surface area contributed by atoms with Gasteiger partial charge < -0.3 is 20.5 Å². The van der Waals surface area contributed by atoms with Crippen molar-refractivity contribution in [3.8, 4) is 0 Å². The van der Waals surface area contributed by atoms with E-state index in [1.165, 1.54) is 0 Å². The first-order chi connectivity index (χ1) is 9.96. The number of ether oxygens (including phenoxy) is 1. The van der Waals surface area contributed by atoms with Gasteiger partial charge in [-0.1, -0.05) is 18.2 Å². The molecule has 1 aromatic rings. The maximum Gasteiger partial charge on any atom is 0.254 e. The first-order valence-electron chi connectivity index (χ1n) is 7.33. The van der Waals surface area contributed by atoms with Gasteiger partial charge in [-0.2, -0.15) is 0 Å². The molecule has 5 heteroatoms. The number of carbonyl (C=O) groups excluding carboxylic acids is 1. The number of aliphatic hydroxyl groups excluding tert-OH is 1. The van der Waals surface area contributed by atoms with Crippen LogP contribution in [0, 0.1) is 0 Å². The fourth-order valence-corrected chi connectivity index (χ4v) is 2.82. The molecule has 3 N–H and O–H groups in total. The van der Waals surface area contributed by atoms with Gasteiger partial charge in [0.05, 0.1) is 18.3 Å². The van der Waals surface area contributed by atoms with Crippen molar-refractivity contribution in [3.05, 3.63) is 35.4 Å². The van der Waals surface area contributed by atoms with Crippen LogP contribution in [0.1, 0.15) is 29.8 Å². The number of hydrogen-bond acceptors (Lipinski definition) is 4. The van der Waals surface area contributed by atoms with Crippen molar-refractivity contribution in [2.24, 2.45) is 5.73 Å². The van der Waals surface area contributed by atoms with E-state index < -0.39 is 5.60 Å². The van der Waals surface area contributed by atoms with Crippen molar-refractivity contribution in [1.82, 2.24) is 4.90 Å². The summed E-state index contributed by atoms with van der Waals surface area (Å²) >= 11 is 0. The molecule has 1 aromatic carbocycles. The highest BCUT2D eigenvalue weighted by molar-refractivity contribution is 5.95. The first-order valence-corrected chi connectivity index (χ1v) is 7.33. The predicted molar refractivity (Wildman–Crippen MR) is 81.1 cm³/mol. The number of carbonyl (C=O) groups is 1. The van der Waals surface area contributed by atoms with Gasteiger partial charge in [0, 0.05) is 18.7 Å². The maximum absolute atomic E-state index is 12.8. The van der Waals surface area contributed by atoms with Gasteiger partial charge in [0.2, 0.25) is 0 Å². The van der Waals surface area contributed by atoms with Crippen LogP contribution >= 0.6 is 0 Å². The lowest BCUT2D eigenvalue weighted by atomic mass is 10.0. The molecule has 0 bridgehead atoms. The maximum atomic E-state index is 12.8. The van der Waals surface area contributed by atoms with Gasteiger partial charge in [-0.05, 0) is 38.4 Å². The van der Waals surface area contributed by atoms with Crippen LogP contribution in [0.5, 0.6) is 0 Å². The topological polar surface area (TPSA) is 75.8 Å². The number of benzene rings is 1. The quantitative estimate of drug-likeness (QED) is 0.860. The molecule has 1 saturated heterocycles. The van der Waals surface area contributed by atoms with Crippen LogP contribution in [-0.4, -0.2) is 53.9 Å². The summed E-state index contributed by atoms with van der Waals surface area (Å²) in [7, 11) is 0. The Balaban J connectivity index is 2.23. The van der Waals surface area contributed by atoms with Crippen molar-refractivity contribution in [2.45, 2.75) is 32.0 Å². The Morgan fingerprint density at radius 2 is 2.19 bits per heavy atom. The van der Waals surface area contributed by atoms with E-state index >= 15 is 0 Å². The van der Waals surface area contributed by atoms with Gasteiger partial charge >= 0.3 is 0 Å². The van der Waals surface area contributed by atoms with Crippen molar-refractivity contribution < 1.29 is 14.6 Å². The average Bonchev–Trinajstić information content (AvgIpc) is 2.45. The average molecular weight is 292 g/mol. The van der Waals surface area contributed by atoms with Crippen LogP contribution in [-0.2, 0) is 11.2 Å². The Labute approximate surface area is 125 Å². The van der Waals surface area contributed by atoms with Crippen LogP contribution in [0.25, 0.3) is 0 Å². The second kappa shape index (κ2) is 6.56. The molecule has 5 nitrogen and oxygen atoms in total. The van der Waals surface area contributed by atoms with Gasteiger partial charge in [-0.3, -0.25) is 4.79 Å². The second-order valence-electron chi connectivity index (χ2n) is 6.06. The van der Waals surface area contributed by atoms with E-state index in [0.29, 0.717) is 31.6 Å². The molecule has 0 spiro atoms. The molecule has 1 heterocycles. The van der Waals surface area contributed by atoms with E-state index in [1.54, 1.807) is 4.90 Å². The standard InChI is InChI=1S/C16H24N2O3/c1-16(2)11-18(9-13(10-19)21-16)15(20)14-6-4-3-5-12(14)7-8-17/h3-6,13,19H,7-11,17H2,1-2H3. The third-order valence-electron chi connectivity index (χ3n) is 3.63. The number of hydrogen-bond donors (Lipinski definition) is 2. The molecule has 0 aliphatic carbocycles. The summed E-state index contributed by atoms with van der Waals surface area (Å²) in [6.45, 7) is 5.21. The van der Waals surface area contributed by atoms with E-state index in [1.807, 2.05) is 38.1 Å². The monoisotopic (exact) mass is 292 g/mol. The SMILES string of the molecule is CC1(C)CN(C(=O)c2ccccc2CCN)CC(CO)O1. The van der Waals surface area contributed by atoms with Crippen LogP contribution in [0.15, 0.2) is 24.3 Å². The smallest absolute Gasteiger partial charge is 0.254 e. The molecule has 1 unspecified atom stereocenters. The van der Waals surface area contributed by atoms with Crippen LogP contribution in [0.2, 0.25) is 0 Å². The molecule has 1 amide bonds. The highest BCUT2D eigenvalue weighted by Gasteiger charge is 2.35. The number of nitrogens with zero attached hydrogens (tertiary/aromatic N) is 1. The Hall–Kier alpha value is -1.43. The zero-order valence-corrected chi connectivity index (χ0v) is 12.7. The van der Waals surface area contributed by atoms with Crippen LogP contribution < -0.4 is 5.73 Å². The number of morpholine rings is 1. The molecule has 0 aromatic heterocycles. The molecule has 21 heavy (non-hydrogen) atoms. The zero-order chi connectivity index (χ0) is 15.5. The molecule has 1 aliphatic heterocycles. The molecule has 2 rings (SSSR count). The largest absolute Gasteiger partial charge is 0.394 e. The van der Waals surface area contributed by atoms with Gasteiger partial charge in [0.1, 0.15) is 0 Å². The molecular weight excluding hydrogens is 268 g/mol. The Morgan fingerprint density at radius 1 is 1.48 bits per heavy atom. The lowest BCUT2D eigenvalue weighted by Crippen LogP contribution is -2.55. The second-order valence-corrected chi connectivity index (χ2v) is 6.06. The Bertz CT molecular complexity index is 502. The highest BCUT2D eigenvalue weighted by atomic mass is 16.5. The Morgan fingerprint density at radius 3 is 2.86 bits per heavy atom. The number of rotatable bonds is 4. The third-order valence-corrected chi connectivity index (χ3v) is 3.63. The van der Waals surface area contributed by atoms with E-state index in [2.05, 4.69) is 0 Å². The minimum absolute atomic E-state index is 0.0196. The fourth-order valence-electron chi connectivity index (χ4n) is 2.82. The van der Waals surface area contributed by atoms with Crippen LogP contribution in [0.4, 0.5) is 0 Å². The van der Waals surface area contributed by atoms with Crippen molar-refractivity contribution >= 4 is 5.91 Å². The summed E-state index contributed by atoms with van der Waals surface area (Å²) in [5.74, 6) is -0.0196. The molecule has 1 fully saturated rings. The minimum Gasteiger partial charge on any atom is -0.394 e. The molecule has 0 saturated carbocycles. The summed E-state index contributed by atoms with van der Waals surface area (Å²) in [5.41, 5.74) is 6.82. The van der Waals surface area contributed by atoms with E-state index in [0.717, 1.165) is 5.56 Å². The minimum atomic E-state index is -0.454. The number of aliphatic hydroxyl groups is 1. The van der Waals surface area contributed by atoms with Gasteiger partial charge in [0.15, 0.2) is 0 Å². The van der Waals surface area contributed by atoms with Gasteiger partial charge in [-0.25, -0.2) is 0 Å². The lowest BCUT2D eigenvalue weighted by Gasteiger charge is -2.42. The van der Waals surface area contributed by atoms with Gasteiger partial charge in [0.25, 0.3) is 5.91 Å². The summed E-state index contributed by atoms with van der Waals surface area (Å²) in [4.78, 5) is 14.6. The summed E-state index contributed by atoms with van der Waals surface area (Å²) in [5, 5.41) is 9.35. The summed E-state index contributed by atoms with van der Waals surface area (Å²) in [6, 6.07) is 7.56. The highest BCUT2D eigenvalue weighted by Crippen LogP contribution is 2.23. The number of nitrogens with two attached hydrogens (primary N) is 1. The molecule has 1 atom stereocenters. The summed E-state index contributed by atoms with van der Waals surface area (Å²) < 4.78 is 5.75. The number of amides is 1. The first kappa shape index (κ1) is 15.9. The van der Waals surface area contributed by atoms with E-state index in [9.17, 15) is 9.90 Å². The third kappa shape index (κ3) is 3.81. The normalized spacial score (nSPS) is 21.3. The van der Waals surface area contributed by atoms with E-state index in [4.69, 9.17) is 10.5 Å². The molecule has 0 radical (unpaired) electrons. The fraction of sp³-hybridized carbons (Fsp3) is 0.562. The molecular formula is C16H24N2O3. The van der Waals surface area contributed by atoms with Crippen LogP contribution in [0.3, 0.4) is 0 Å². The van der Waals surface area contributed by atoms with E-state index in [-0.39, 0.29) is 18.6 Å². The van der Waals surface area contributed by atoms with Crippen molar-refractivity contribution in [3.63, 3.8) is 0 Å². The zero-order valence-electron chi connectivity index (χ0n) is 12.7. The lowest BCUT2D eigenvalue weighted by molar-refractivity contribution is -0.139. The predicted octanol–water partition coefficient (Wildman–Crippen LogP) is 0.800. The van der Waals surface area contributed by atoms with Crippen molar-refractivity contribution in [1.29, 1.82) is 0 Å². The molecule has 116 valence electrons. The van der Waals surface area contributed by atoms with Gasteiger partial charge in [-0.15, -0.1) is 0 Å². The molecule has 1 aliphatic rings. The van der Waals surface area contributed by atoms with Crippen molar-refractivity contribution in [2.75, 3.05) is 26.2 Å².